The lowest BCUT2D eigenvalue weighted by molar-refractivity contribution is 0.0526. The summed E-state index contributed by atoms with van der Waals surface area (Å²) in [5.74, 6) is 1.19. The average molecular weight is 449 g/mol. The molecule has 3 heterocycles. The maximum absolute atomic E-state index is 12.5. The topological polar surface area (TPSA) is 94.8 Å². The standard InChI is InChI=1S/C23H24N6O2S/c1-6-31-22(30)17-12-24-23(32-5)27-21(17)26-19-11-15(4)28-29(19)18-10-14(3)16-9-7-8-13(2)20(16)25-18/h7-12H,6H2,1-5H3,(H,24,26,27). The van der Waals surface area contributed by atoms with Crippen LogP contribution in [0, 0.1) is 20.8 Å². The lowest BCUT2D eigenvalue weighted by Crippen LogP contribution is -2.12. The number of esters is 1. The van der Waals surface area contributed by atoms with Gasteiger partial charge < -0.3 is 10.1 Å². The Balaban J connectivity index is 1.82. The lowest BCUT2D eigenvalue weighted by atomic mass is 10.1. The number of hydrogen-bond donors (Lipinski definition) is 1. The first-order chi connectivity index (χ1) is 15.4. The second-order valence-corrected chi connectivity index (χ2v) is 8.09. The Morgan fingerprint density at radius 1 is 1.16 bits per heavy atom. The number of nitrogens with one attached hydrogen (secondary N) is 1. The van der Waals surface area contributed by atoms with Crippen LogP contribution in [-0.2, 0) is 4.74 Å². The minimum atomic E-state index is -0.485. The first kappa shape index (κ1) is 21.8. The van der Waals surface area contributed by atoms with Crippen molar-refractivity contribution in [1.82, 2.24) is 24.7 Å². The highest BCUT2D eigenvalue weighted by Crippen LogP contribution is 2.27. The molecule has 0 radical (unpaired) electrons. The molecule has 4 rings (SSSR count). The van der Waals surface area contributed by atoms with Gasteiger partial charge in [0.1, 0.15) is 11.4 Å². The van der Waals surface area contributed by atoms with Gasteiger partial charge >= 0.3 is 5.97 Å². The predicted molar refractivity (Wildman–Crippen MR) is 126 cm³/mol. The van der Waals surface area contributed by atoms with Crippen LogP contribution in [0.3, 0.4) is 0 Å². The molecule has 0 amide bonds. The molecule has 0 unspecified atom stereocenters. The zero-order chi connectivity index (χ0) is 22.8. The first-order valence-corrected chi connectivity index (χ1v) is 11.4. The quantitative estimate of drug-likeness (QED) is 0.256. The van der Waals surface area contributed by atoms with Gasteiger partial charge in [-0.2, -0.15) is 9.78 Å². The number of thioether (sulfide) groups is 1. The van der Waals surface area contributed by atoms with Crippen molar-refractivity contribution in [3.63, 3.8) is 0 Å². The first-order valence-electron chi connectivity index (χ1n) is 10.2. The van der Waals surface area contributed by atoms with Gasteiger partial charge in [0.2, 0.25) is 0 Å². The van der Waals surface area contributed by atoms with Gasteiger partial charge in [0.25, 0.3) is 0 Å². The summed E-state index contributed by atoms with van der Waals surface area (Å²) in [4.78, 5) is 26.0. The molecule has 3 aromatic heterocycles. The molecule has 32 heavy (non-hydrogen) atoms. The van der Waals surface area contributed by atoms with Gasteiger partial charge in [-0.05, 0) is 51.1 Å². The summed E-state index contributed by atoms with van der Waals surface area (Å²) >= 11 is 1.39. The molecule has 0 aliphatic rings. The van der Waals surface area contributed by atoms with Crippen molar-refractivity contribution in [3.05, 3.63) is 58.9 Å². The number of nitrogens with zero attached hydrogens (tertiary/aromatic N) is 5. The van der Waals surface area contributed by atoms with Crippen LogP contribution in [0.4, 0.5) is 11.6 Å². The van der Waals surface area contributed by atoms with Crippen LogP contribution in [0.25, 0.3) is 16.7 Å². The minimum absolute atomic E-state index is 0.258. The van der Waals surface area contributed by atoms with E-state index in [1.54, 1.807) is 11.6 Å². The molecule has 1 N–H and O–H groups in total. The number of para-hydroxylation sites is 1. The van der Waals surface area contributed by atoms with Gasteiger partial charge in [0.15, 0.2) is 16.8 Å². The van der Waals surface area contributed by atoms with Crippen LogP contribution in [0.15, 0.2) is 41.7 Å². The molecule has 0 saturated carbocycles. The van der Waals surface area contributed by atoms with Crippen molar-refractivity contribution in [1.29, 1.82) is 0 Å². The van der Waals surface area contributed by atoms with E-state index in [2.05, 4.69) is 33.4 Å². The van der Waals surface area contributed by atoms with E-state index < -0.39 is 5.97 Å². The van der Waals surface area contributed by atoms with Gasteiger partial charge in [0, 0.05) is 17.6 Å². The molecule has 0 saturated heterocycles. The summed E-state index contributed by atoms with van der Waals surface area (Å²) < 4.78 is 6.90. The molecule has 1 aromatic carbocycles. The summed E-state index contributed by atoms with van der Waals surface area (Å²) in [6, 6.07) is 10.0. The van der Waals surface area contributed by atoms with Crippen LogP contribution >= 0.6 is 11.8 Å². The number of ether oxygens (including phenoxy) is 1. The summed E-state index contributed by atoms with van der Waals surface area (Å²) in [5, 5.41) is 9.54. The second-order valence-electron chi connectivity index (χ2n) is 7.32. The number of fused-ring (bicyclic) bond motifs is 1. The molecule has 8 nitrogen and oxygen atoms in total. The van der Waals surface area contributed by atoms with Crippen molar-refractivity contribution >= 4 is 40.3 Å². The van der Waals surface area contributed by atoms with Crippen LogP contribution in [-0.4, -0.2) is 43.6 Å². The third-order valence-corrected chi connectivity index (χ3v) is 5.54. The Morgan fingerprint density at radius 3 is 2.72 bits per heavy atom. The van der Waals surface area contributed by atoms with Gasteiger partial charge in [-0.15, -0.1) is 0 Å². The van der Waals surface area contributed by atoms with E-state index >= 15 is 0 Å². The van der Waals surface area contributed by atoms with Crippen molar-refractivity contribution in [2.75, 3.05) is 18.2 Å². The number of carbonyl (C=O) groups is 1. The van der Waals surface area contributed by atoms with E-state index in [1.807, 2.05) is 44.4 Å². The Bertz CT molecular complexity index is 1320. The molecule has 0 bridgehead atoms. The van der Waals surface area contributed by atoms with Crippen LogP contribution in [0.1, 0.15) is 34.1 Å². The number of benzene rings is 1. The Kier molecular flexibility index (Phi) is 6.09. The zero-order valence-electron chi connectivity index (χ0n) is 18.6. The van der Waals surface area contributed by atoms with Gasteiger partial charge in [-0.25, -0.2) is 19.7 Å². The van der Waals surface area contributed by atoms with E-state index in [-0.39, 0.29) is 12.2 Å². The fourth-order valence-corrected chi connectivity index (χ4v) is 3.79. The molecule has 0 fully saturated rings. The predicted octanol–water partition coefficient (Wildman–Crippen LogP) is 4.78. The summed E-state index contributed by atoms with van der Waals surface area (Å²) in [7, 11) is 0. The summed E-state index contributed by atoms with van der Waals surface area (Å²) in [6.45, 7) is 8.03. The number of hydrogen-bond acceptors (Lipinski definition) is 8. The van der Waals surface area contributed by atoms with Gasteiger partial charge in [-0.3, -0.25) is 0 Å². The van der Waals surface area contributed by atoms with Crippen LogP contribution in [0.5, 0.6) is 0 Å². The maximum Gasteiger partial charge on any atom is 0.343 e. The molecule has 0 aliphatic carbocycles. The van der Waals surface area contributed by atoms with E-state index in [0.717, 1.165) is 27.7 Å². The molecule has 0 atom stereocenters. The fraction of sp³-hybridized carbons (Fsp3) is 0.261. The van der Waals surface area contributed by atoms with Gasteiger partial charge in [0.05, 0.1) is 17.8 Å². The average Bonchev–Trinajstić information content (AvgIpc) is 3.14. The lowest BCUT2D eigenvalue weighted by Gasteiger charge is -2.14. The van der Waals surface area contributed by atoms with Crippen LogP contribution < -0.4 is 5.32 Å². The largest absolute Gasteiger partial charge is 0.462 e. The highest BCUT2D eigenvalue weighted by atomic mass is 32.2. The number of aryl methyl sites for hydroxylation is 3. The van der Waals surface area contributed by atoms with Crippen molar-refractivity contribution in [2.45, 2.75) is 32.9 Å². The van der Waals surface area contributed by atoms with E-state index in [4.69, 9.17) is 9.72 Å². The second kappa shape index (κ2) is 8.96. The number of rotatable bonds is 6. The molecule has 4 aromatic rings. The normalized spacial score (nSPS) is 11.0. The third kappa shape index (κ3) is 4.16. The maximum atomic E-state index is 12.5. The number of aromatic nitrogens is 5. The van der Waals surface area contributed by atoms with Gasteiger partial charge in [-0.1, -0.05) is 30.0 Å². The monoisotopic (exact) mass is 448 g/mol. The Hall–Kier alpha value is -3.46. The highest BCUT2D eigenvalue weighted by molar-refractivity contribution is 7.98. The number of pyridine rings is 1. The smallest absolute Gasteiger partial charge is 0.343 e. The van der Waals surface area contributed by atoms with Crippen molar-refractivity contribution < 1.29 is 9.53 Å². The summed E-state index contributed by atoms with van der Waals surface area (Å²) in [5.41, 5.74) is 4.19. The zero-order valence-corrected chi connectivity index (χ0v) is 19.4. The van der Waals surface area contributed by atoms with E-state index in [1.165, 1.54) is 18.0 Å². The number of carbonyl (C=O) groups excluding carboxylic acids is 1. The van der Waals surface area contributed by atoms with Crippen molar-refractivity contribution in [3.8, 4) is 5.82 Å². The van der Waals surface area contributed by atoms with E-state index in [9.17, 15) is 4.79 Å². The Morgan fingerprint density at radius 2 is 1.97 bits per heavy atom. The third-order valence-electron chi connectivity index (χ3n) is 4.97. The molecule has 0 spiro atoms. The highest BCUT2D eigenvalue weighted by Gasteiger charge is 2.19. The summed E-state index contributed by atoms with van der Waals surface area (Å²) in [6.07, 6.45) is 3.36. The van der Waals surface area contributed by atoms with E-state index in [0.29, 0.717) is 22.6 Å². The molecule has 164 valence electrons. The SMILES string of the molecule is CCOC(=O)c1cnc(SC)nc1Nc1cc(C)nn1-c1cc(C)c2cccc(C)c2n1. The molecule has 9 heteroatoms. The molecular weight excluding hydrogens is 424 g/mol. The van der Waals surface area contributed by atoms with Crippen molar-refractivity contribution in [2.24, 2.45) is 0 Å². The molecular formula is C23H24N6O2S. The van der Waals surface area contributed by atoms with Crippen LogP contribution in [0.2, 0.25) is 0 Å². The number of anilines is 2. The molecule has 0 aliphatic heterocycles. The fourth-order valence-electron chi connectivity index (χ4n) is 3.45. The Labute approximate surface area is 190 Å². The minimum Gasteiger partial charge on any atom is -0.462 e.